The second-order valence-electron chi connectivity index (χ2n) is 6.52. The lowest BCUT2D eigenvalue weighted by Gasteiger charge is -2.26. The van der Waals surface area contributed by atoms with Gasteiger partial charge in [0.2, 0.25) is 0 Å². The molecule has 3 nitrogen and oxygen atoms in total. The van der Waals surface area contributed by atoms with Crippen LogP contribution in [0.15, 0.2) is 30.3 Å². The molecule has 0 unspecified atom stereocenters. The monoisotopic (exact) mass is 366 g/mol. The molecule has 0 aliphatic rings. The number of halogens is 2. The van der Waals surface area contributed by atoms with E-state index in [0.29, 0.717) is 10.0 Å². The van der Waals surface area contributed by atoms with Crippen molar-refractivity contribution in [1.82, 2.24) is 0 Å². The SMILES string of the molecule is CC(C)c1cc(-c2ccc(Cl)c(Cl)c2)cc(C(C)C)c1N(O)CN. The van der Waals surface area contributed by atoms with E-state index < -0.39 is 0 Å². The lowest BCUT2D eigenvalue weighted by Crippen LogP contribution is -2.28. The lowest BCUT2D eigenvalue weighted by atomic mass is 9.88. The molecule has 0 aliphatic heterocycles. The highest BCUT2D eigenvalue weighted by atomic mass is 35.5. The van der Waals surface area contributed by atoms with Gasteiger partial charge >= 0.3 is 0 Å². The fourth-order valence-corrected chi connectivity index (χ4v) is 3.09. The van der Waals surface area contributed by atoms with Crippen molar-refractivity contribution in [2.75, 3.05) is 11.7 Å². The third kappa shape index (κ3) is 3.86. The number of rotatable bonds is 5. The summed E-state index contributed by atoms with van der Waals surface area (Å²) in [6, 6.07) is 9.80. The molecule has 0 spiro atoms. The van der Waals surface area contributed by atoms with Crippen LogP contribution in [0.5, 0.6) is 0 Å². The molecule has 3 N–H and O–H groups in total. The van der Waals surface area contributed by atoms with Crippen LogP contribution in [0.2, 0.25) is 10.0 Å². The molecule has 0 radical (unpaired) electrons. The lowest BCUT2D eigenvalue weighted by molar-refractivity contribution is 0.255. The van der Waals surface area contributed by atoms with Crippen molar-refractivity contribution in [2.45, 2.75) is 39.5 Å². The van der Waals surface area contributed by atoms with Crippen molar-refractivity contribution < 1.29 is 5.21 Å². The largest absolute Gasteiger partial charge is 0.312 e. The molecule has 2 aromatic carbocycles. The first-order chi connectivity index (χ1) is 11.3. The van der Waals surface area contributed by atoms with Crippen molar-refractivity contribution in [1.29, 1.82) is 0 Å². The van der Waals surface area contributed by atoms with Crippen LogP contribution < -0.4 is 10.8 Å². The van der Waals surface area contributed by atoms with Crippen LogP contribution in [0, 0.1) is 0 Å². The van der Waals surface area contributed by atoms with E-state index in [2.05, 4.69) is 39.8 Å². The molecule has 130 valence electrons. The highest BCUT2D eigenvalue weighted by molar-refractivity contribution is 6.42. The molecule has 0 saturated heterocycles. The topological polar surface area (TPSA) is 49.5 Å². The number of nitrogens with two attached hydrogens (primary N) is 1. The normalized spacial score (nSPS) is 11.4. The van der Waals surface area contributed by atoms with Gasteiger partial charge in [-0.15, -0.1) is 0 Å². The second-order valence-corrected chi connectivity index (χ2v) is 7.34. The van der Waals surface area contributed by atoms with Gasteiger partial charge in [-0.3, -0.25) is 5.21 Å². The predicted octanol–water partition coefficient (Wildman–Crippen LogP) is 6.02. The summed E-state index contributed by atoms with van der Waals surface area (Å²) in [5.41, 5.74) is 10.6. The average Bonchev–Trinajstić information content (AvgIpc) is 2.55. The van der Waals surface area contributed by atoms with Crippen molar-refractivity contribution in [2.24, 2.45) is 5.73 Å². The molecular weight excluding hydrogens is 343 g/mol. The maximum atomic E-state index is 10.3. The van der Waals surface area contributed by atoms with Gasteiger partial charge in [0.1, 0.15) is 0 Å². The molecule has 0 atom stereocenters. The van der Waals surface area contributed by atoms with Gasteiger partial charge in [-0.2, -0.15) is 0 Å². The van der Waals surface area contributed by atoms with Gasteiger partial charge < -0.3 is 5.73 Å². The number of benzene rings is 2. The molecule has 0 heterocycles. The molecule has 2 rings (SSSR count). The molecule has 0 bridgehead atoms. The predicted molar refractivity (Wildman–Crippen MR) is 103 cm³/mol. The zero-order valence-electron chi connectivity index (χ0n) is 14.5. The summed E-state index contributed by atoms with van der Waals surface area (Å²) in [7, 11) is 0. The fraction of sp³-hybridized carbons (Fsp3) is 0.368. The summed E-state index contributed by atoms with van der Waals surface area (Å²) in [6.45, 7) is 8.46. The molecule has 5 heteroatoms. The standard InChI is InChI=1S/C19H24Cl2N2O/c1-11(2)15-7-14(13-5-6-17(20)18(21)9-13)8-16(12(3)4)19(15)23(24)10-22/h5-9,11-12,24H,10,22H2,1-4H3. The Labute approximate surface area is 153 Å². The van der Waals surface area contributed by atoms with E-state index >= 15 is 0 Å². The summed E-state index contributed by atoms with van der Waals surface area (Å²) < 4.78 is 0. The van der Waals surface area contributed by atoms with Crippen LogP contribution in [-0.2, 0) is 0 Å². The Kier molecular flexibility index (Phi) is 6.16. The molecule has 2 aromatic rings. The Balaban J connectivity index is 2.72. The van der Waals surface area contributed by atoms with E-state index in [9.17, 15) is 5.21 Å². The average molecular weight is 367 g/mol. The smallest absolute Gasteiger partial charge is 0.0924 e. The van der Waals surface area contributed by atoms with Crippen LogP contribution >= 0.6 is 23.2 Å². The second kappa shape index (κ2) is 7.75. The van der Waals surface area contributed by atoms with Crippen LogP contribution in [0.4, 0.5) is 5.69 Å². The van der Waals surface area contributed by atoms with E-state index in [1.807, 2.05) is 12.1 Å². The highest BCUT2D eigenvalue weighted by Gasteiger charge is 2.20. The first kappa shape index (κ1) is 19.1. The van der Waals surface area contributed by atoms with Gasteiger partial charge in [0.25, 0.3) is 0 Å². The van der Waals surface area contributed by atoms with Gasteiger partial charge in [0.05, 0.1) is 22.4 Å². The van der Waals surface area contributed by atoms with Gasteiger partial charge in [-0.25, -0.2) is 5.06 Å². The van der Waals surface area contributed by atoms with E-state index in [-0.39, 0.29) is 18.5 Å². The highest BCUT2D eigenvalue weighted by Crippen LogP contribution is 2.39. The minimum Gasteiger partial charge on any atom is -0.312 e. The van der Waals surface area contributed by atoms with E-state index in [1.54, 1.807) is 6.07 Å². The molecule has 0 aromatic heterocycles. The van der Waals surface area contributed by atoms with Gasteiger partial charge in [0, 0.05) is 0 Å². The summed E-state index contributed by atoms with van der Waals surface area (Å²) >= 11 is 12.2. The van der Waals surface area contributed by atoms with Crippen LogP contribution in [0.25, 0.3) is 11.1 Å². The molecule has 0 fully saturated rings. The minimum atomic E-state index is 0.0472. The number of hydrogen-bond donors (Lipinski definition) is 2. The summed E-state index contributed by atoms with van der Waals surface area (Å²) in [5, 5.41) is 12.5. The summed E-state index contributed by atoms with van der Waals surface area (Å²) in [5.74, 6) is 0.475. The van der Waals surface area contributed by atoms with Crippen LogP contribution in [0.3, 0.4) is 0 Å². The van der Waals surface area contributed by atoms with Crippen LogP contribution in [0.1, 0.15) is 50.7 Å². The quantitative estimate of drug-likeness (QED) is 0.502. The first-order valence-electron chi connectivity index (χ1n) is 8.06. The van der Waals surface area contributed by atoms with Crippen molar-refractivity contribution in [3.63, 3.8) is 0 Å². The van der Waals surface area contributed by atoms with Gasteiger partial charge in [-0.1, -0.05) is 57.0 Å². The zero-order chi connectivity index (χ0) is 18.0. The Morgan fingerprint density at radius 3 is 1.88 bits per heavy atom. The number of hydrogen-bond acceptors (Lipinski definition) is 3. The summed E-state index contributed by atoms with van der Waals surface area (Å²) in [4.78, 5) is 0. The number of nitrogens with zero attached hydrogens (tertiary/aromatic N) is 1. The molecule has 0 aliphatic carbocycles. The Bertz CT molecular complexity index is 700. The molecular formula is C19H24Cl2N2O. The van der Waals surface area contributed by atoms with E-state index in [1.165, 1.54) is 0 Å². The third-order valence-corrected chi connectivity index (χ3v) is 4.84. The van der Waals surface area contributed by atoms with E-state index in [0.717, 1.165) is 33.0 Å². The van der Waals surface area contributed by atoms with E-state index in [4.69, 9.17) is 28.9 Å². The van der Waals surface area contributed by atoms with Crippen molar-refractivity contribution in [3.05, 3.63) is 51.5 Å². The third-order valence-electron chi connectivity index (χ3n) is 4.10. The van der Waals surface area contributed by atoms with Gasteiger partial charge in [0.15, 0.2) is 0 Å². The molecule has 0 amide bonds. The zero-order valence-corrected chi connectivity index (χ0v) is 16.0. The molecule has 0 saturated carbocycles. The fourth-order valence-electron chi connectivity index (χ4n) is 2.79. The Morgan fingerprint density at radius 2 is 1.46 bits per heavy atom. The summed E-state index contributed by atoms with van der Waals surface area (Å²) in [6.07, 6.45) is 0. The number of anilines is 1. The Morgan fingerprint density at radius 1 is 0.917 bits per heavy atom. The molecule has 24 heavy (non-hydrogen) atoms. The van der Waals surface area contributed by atoms with Crippen LogP contribution in [-0.4, -0.2) is 11.9 Å². The first-order valence-corrected chi connectivity index (χ1v) is 8.81. The van der Waals surface area contributed by atoms with Crippen molar-refractivity contribution in [3.8, 4) is 11.1 Å². The Hall–Kier alpha value is -1.26. The number of hydroxylamine groups is 1. The van der Waals surface area contributed by atoms with Crippen molar-refractivity contribution >= 4 is 28.9 Å². The minimum absolute atomic E-state index is 0.0472. The maximum Gasteiger partial charge on any atom is 0.0924 e. The van der Waals surface area contributed by atoms with Gasteiger partial charge in [-0.05, 0) is 58.4 Å². The maximum absolute atomic E-state index is 10.3.